The molecular weight excluding hydrogens is 266 g/mol. The fourth-order valence-electron chi connectivity index (χ4n) is 1.90. The van der Waals surface area contributed by atoms with Crippen LogP contribution in [-0.2, 0) is 13.2 Å². The van der Waals surface area contributed by atoms with E-state index in [4.69, 9.17) is 5.11 Å². The molecule has 104 valence electrons. The third-order valence-electron chi connectivity index (χ3n) is 2.90. The summed E-state index contributed by atoms with van der Waals surface area (Å²) in [6.45, 7) is -0.0228. The van der Waals surface area contributed by atoms with Gasteiger partial charge in [0, 0.05) is 23.5 Å². The van der Waals surface area contributed by atoms with Gasteiger partial charge in [-0.3, -0.25) is 20.2 Å². The van der Waals surface area contributed by atoms with E-state index in [1.165, 1.54) is 12.1 Å². The van der Waals surface area contributed by atoms with Crippen molar-refractivity contribution < 1.29 is 15.0 Å². The van der Waals surface area contributed by atoms with Crippen molar-refractivity contribution >= 4 is 11.4 Å². The van der Waals surface area contributed by atoms with Crippen LogP contribution in [0.5, 0.6) is 0 Å². The van der Waals surface area contributed by atoms with Crippen LogP contribution in [0.3, 0.4) is 0 Å². The van der Waals surface area contributed by atoms with Gasteiger partial charge in [0.05, 0.1) is 29.1 Å². The largest absolute Gasteiger partial charge is 0.390 e. The van der Waals surface area contributed by atoms with Crippen molar-refractivity contribution in [3.8, 4) is 0 Å². The first kappa shape index (κ1) is 13.7. The van der Waals surface area contributed by atoms with Crippen molar-refractivity contribution in [2.75, 3.05) is 0 Å². The van der Waals surface area contributed by atoms with E-state index < -0.39 is 9.85 Å². The maximum absolute atomic E-state index is 11.0. The number of hydrogen-bond acceptors (Lipinski definition) is 5. The molecule has 0 radical (unpaired) electrons. The lowest BCUT2D eigenvalue weighted by molar-refractivity contribution is -0.394. The highest BCUT2D eigenvalue weighted by atomic mass is 16.6. The molecule has 0 aliphatic carbocycles. The first-order chi connectivity index (χ1) is 9.52. The van der Waals surface area contributed by atoms with Crippen LogP contribution in [0.25, 0.3) is 0 Å². The Bertz CT molecular complexity index is 665. The number of hydrogen-bond donors (Lipinski definition) is 1. The highest BCUT2D eigenvalue weighted by Crippen LogP contribution is 2.25. The Morgan fingerprint density at radius 2 is 1.90 bits per heavy atom. The molecule has 2 aromatic rings. The van der Waals surface area contributed by atoms with Crippen molar-refractivity contribution in [2.45, 2.75) is 13.2 Å². The number of nitro groups is 2. The standard InChI is InChI=1S/C12H11N3O5/c16-8-11-2-1-5-13(11)7-9-3-4-10(14(17)18)6-12(9)15(19)20/h1-6,16H,7-8H2. The van der Waals surface area contributed by atoms with E-state index in [2.05, 4.69) is 0 Å². The maximum Gasteiger partial charge on any atom is 0.281 e. The molecule has 1 N–H and O–H groups in total. The van der Waals surface area contributed by atoms with Crippen molar-refractivity contribution in [1.82, 2.24) is 4.57 Å². The van der Waals surface area contributed by atoms with Crippen LogP contribution in [0.2, 0.25) is 0 Å². The van der Waals surface area contributed by atoms with Crippen LogP contribution in [0.1, 0.15) is 11.3 Å². The lowest BCUT2D eigenvalue weighted by Crippen LogP contribution is -2.06. The first-order valence-corrected chi connectivity index (χ1v) is 5.69. The summed E-state index contributed by atoms with van der Waals surface area (Å²) in [5.74, 6) is 0. The summed E-state index contributed by atoms with van der Waals surface area (Å²) >= 11 is 0. The van der Waals surface area contributed by atoms with Crippen molar-refractivity contribution in [1.29, 1.82) is 0 Å². The number of nitrogens with zero attached hydrogens (tertiary/aromatic N) is 3. The zero-order valence-electron chi connectivity index (χ0n) is 10.3. The fourth-order valence-corrected chi connectivity index (χ4v) is 1.90. The normalized spacial score (nSPS) is 10.4. The summed E-state index contributed by atoms with van der Waals surface area (Å²) in [6, 6.07) is 6.93. The van der Waals surface area contributed by atoms with E-state index in [1.54, 1.807) is 22.9 Å². The Morgan fingerprint density at radius 3 is 2.50 bits per heavy atom. The molecule has 0 saturated heterocycles. The molecule has 8 nitrogen and oxygen atoms in total. The number of rotatable bonds is 5. The molecule has 0 fully saturated rings. The van der Waals surface area contributed by atoms with Gasteiger partial charge in [0.1, 0.15) is 0 Å². The quantitative estimate of drug-likeness (QED) is 0.662. The Morgan fingerprint density at radius 1 is 1.15 bits per heavy atom. The van der Waals surface area contributed by atoms with Gasteiger partial charge in [0.2, 0.25) is 0 Å². The molecule has 0 spiro atoms. The molecule has 1 heterocycles. The maximum atomic E-state index is 11.0. The number of nitro benzene ring substituents is 2. The second kappa shape index (κ2) is 5.49. The van der Waals surface area contributed by atoms with Gasteiger partial charge >= 0.3 is 0 Å². The number of non-ortho nitro benzene ring substituents is 1. The molecule has 0 aliphatic heterocycles. The van der Waals surface area contributed by atoms with Crippen LogP contribution >= 0.6 is 0 Å². The van der Waals surface area contributed by atoms with Gasteiger partial charge in [0.15, 0.2) is 0 Å². The van der Waals surface area contributed by atoms with Gasteiger partial charge in [-0.05, 0) is 18.2 Å². The summed E-state index contributed by atoms with van der Waals surface area (Å²) in [6.07, 6.45) is 1.68. The van der Waals surface area contributed by atoms with E-state index in [1.807, 2.05) is 0 Å². The lowest BCUT2D eigenvalue weighted by atomic mass is 10.1. The molecule has 1 aromatic carbocycles. The minimum absolute atomic E-state index is 0.164. The summed E-state index contributed by atoms with van der Waals surface area (Å²) in [7, 11) is 0. The highest BCUT2D eigenvalue weighted by Gasteiger charge is 2.19. The molecule has 20 heavy (non-hydrogen) atoms. The number of aliphatic hydroxyl groups excluding tert-OH is 1. The minimum atomic E-state index is -0.675. The monoisotopic (exact) mass is 277 g/mol. The van der Waals surface area contributed by atoms with Crippen LogP contribution in [0.4, 0.5) is 11.4 Å². The summed E-state index contributed by atoms with van der Waals surface area (Å²) in [5.41, 5.74) is 0.316. The molecular formula is C12H11N3O5. The highest BCUT2D eigenvalue weighted by molar-refractivity contribution is 5.49. The topological polar surface area (TPSA) is 111 Å². The third-order valence-corrected chi connectivity index (χ3v) is 2.90. The van der Waals surface area contributed by atoms with E-state index in [-0.39, 0.29) is 24.5 Å². The van der Waals surface area contributed by atoms with Gasteiger partial charge < -0.3 is 9.67 Å². The average Bonchev–Trinajstić information content (AvgIpc) is 2.85. The molecule has 8 heteroatoms. The van der Waals surface area contributed by atoms with E-state index in [9.17, 15) is 20.2 Å². The molecule has 0 aliphatic rings. The molecule has 0 bridgehead atoms. The van der Waals surface area contributed by atoms with Crippen molar-refractivity contribution in [2.24, 2.45) is 0 Å². The van der Waals surface area contributed by atoms with Gasteiger partial charge in [-0.2, -0.15) is 0 Å². The number of benzene rings is 1. The molecule has 0 atom stereocenters. The predicted octanol–water partition coefficient (Wildman–Crippen LogP) is 1.85. The smallest absolute Gasteiger partial charge is 0.281 e. The minimum Gasteiger partial charge on any atom is -0.390 e. The number of aliphatic hydroxyl groups is 1. The Balaban J connectivity index is 2.41. The van der Waals surface area contributed by atoms with Gasteiger partial charge in [-0.1, -0.05) is 0 Å². The summed E-state index contributed by atoms with van der Waals surface area (Å²) in [4.78, 5) is 20.3. The lowest BCUT2D eigenvalue weighted by Gasteiger charge is -2.08. The Kier molecular flexibility index (Phi) is 3.76. The van der Waals surface area contributed by atoms with E-state index >= 15 is 0 Å². The SMILES string of the molecule is O=[N+]([O-])c1ccc(Cn2cccc2CO)c([N+](=O)[O-])c1. The Hall–Kier alpha value is -2.74. The Labute approximate surface area is 113 Å². The summed E-state index contributed by atoms with van der Waals surface area (Å²) in [5, 5.41) is 30.8. The van der Waals surface area contributed by atoms with Crippen LogP contribution in [-0.4, -0.2) is 19.5 Å². The van der Waals surface area contributed by atoms with Crippen molar-refractivity contribution in [3.63, 3.8) is 0 Å². The zero-order valence-corrected chi connectivity index (χ0v) is 10.3. The molecule has 0 amide bonds. The molecule has 0 unspecified atom stereocenters. The predicted molar refractivity (Wildman–Crippen MR) is 69.2 cm³/mol. The molecule has 1 aromatic heterocycles. The fraction of sp³-hybridized carbons (Fsp3) is 0.167. The molecule has 2 rings (SSSR count). The van der Waals surface area contributed by atoms with Crippen LogP contribution < -0.4 is 0 Å². The van der Waals surface area contributed by atoms with E-state index in [0.717, 1.165) is 6.07 Å². The third kappa shape index (κ3) is 2.64. The first-order valence-electron chi connectivity index (χ1n) is 5.69. The number of aromatic nitrogens is 1. The van der Waals surface area contributed by atoms with Crippen molar-refractivity contribution in [3.05, 3.63) is 68.0 Å². The average molecular weight is 277 g/mol. The summed E-state index contributed by atoms with van der Waals surface area (Å²) < 4.78 is 1.65. The van der Waals surface area contributed by atoms with E-state index in [0.29, 0.717) is 11.3 Å². The van der Waals surface area contributed by atoms with Gasteiger partial charge in [-0.15, -0.1) is 0 Å². The zero-order chi connectivity index (χ0) is 14.7. The van der Waals surface area contributed by atoms with Gasteiger partial charge in [-0.25, -0.2) is 0 Å². The molecule has 0 saturated carbocycles. The second-order valence-electron chi connectivity index (χ2n) is 4.11. The second-order valence-corrected chi connectivity index (χ2v) is 4.11. The van der Waals surface area contributed by atoms with Crippen LogP contribution in [0.15, 0.2) is 36.5 Å². The van der Waals surface area contributed by atoms with Crippen LogP contribution in [0, 0.1) is 20.2 Å². The van der Waals surface area contributed by atoms with Gasteiger partial charge in [0.25, 0.3) is 11.4 Å².